The van der Waals surface area contributed by atoms with Crippen LogP contribution in [0.15, 0.2) is 83.2 Å². The summed E-state index contributed by atoms with van der Waals surface area (Å²) in [5.41, 5.74) is 2.30. The van der Waals surface area contributed by atoms with E-state index < -0.39 is 22.0 Å². The molecule has 0 aliphatic rings. The van der Waals surface area contributed by atoms with Gasteiger partial charge in [-0.2, -0.15) is 4.72 Å². The average Bonchev–Trinajstić information content (AvgIpc) is 3.29. The number of pyridine rings is 1. The van der Waals surface area contributed by atoms with Gasteiger partial charge < -0.3 is 5.11 Å². The van der Waals surface area contributed by atoms with Crippen LogP contribution in [0.25, 0.3) is 10.9 Å². The molecule has 0 fully saturated rings. The van der Waals surface area contributed by atoms with E-state index in [1.807, 2.05) is 60.7 Å². The predicted octanol–water partition coefficient (Wildman–Crippen LogP) is 3.86. The fraction of sp³-hybridized carbons (Fsp3) is 0.120. The van der Waals surface area contributed by atoms with E-state index in [4.69, 9.17) is 0 Å². The van der Waals surface area contributed by atoms with Crippen molar-refractivity contribution < 1.29 is 18.3 Å². The normalized spacial score (nSPS) is 12.1. The molecule has 6 nitrogen and oxygen atoms in total. The largest absolute Gasteiger partial charge is 0.480 e. The Morgan fingerprint density at radius 2 is 1.82 bits per heavy atom. The first kappa shape index (κ1) is 22.7. The number of para-hydroxylation sites is 1. The first-order valence-electron chi connectivity index (χ1n) is 10.1. The van der Waals surface area contributed by atoms with Gasteiger partial charge >= 0.3 is 5.97 Å². The molecule has 0 saturated heterocycles. The van der Waals surface area contributed by atoms with Crippen molar-refractivity contribution in [3.63, 3.8) is 0 Å². The van der Waals surface area contributed by atoms with Crippen molar-refractivity contribution >= 4 is 38.2 Å². The Hall–Kier alpha value is -3.51. The first-order chi connectivity index (χ1) is 15.9. The van der Waals surface area contributed by atoms with Gasteiger partial charge in [0, 0.05) is 34.9 Å². The summed E-state index contributed by atoms with van der Waals surface area (Å²) in [5.74, 6) is 4.82. The zero-order valence-corrected chi connectivity index (χ0v) is 19.1. The zero-order chi connectivity index (χ0) is 23.3. The number of sulfonamides is 1. The zero-order valence-electron chi connectivity index (χ0n) is 17.4. The maximum absolute atomic E-state index is 12.8. The minimum atomic E-state index is -4.00. The molecule has 2 N–H and O–H groups in total. The van der Waals surface area contributed by atoms with Gasteiger partial charge in [-0.25, -0.2) is 8.42 Å². The number of carboxylic acid groups (broad SMARTS) is 1. The van der Waals surface area contributed by atoms with Gasteiger partial charge in [-0.3, -0.25) is 9.78 Å². The molecule has 0 radical (unpaired) electrons. The molecule has 1 atom stereocenters. The SMILES string of the molecule is O=C(O)[C@H](Cc1cnc2ccccc2c1)NS(=O)(=O)c1ccc(CC#Cc2ccccc2)s1. The van der Waals surface area contributed by atoms with Gasteiger partial charge in [-0.05, 0) is 42.0 Å². The number of hydrogen-bond donors (Lipinski definition) is 2. The van der Waals surface area contributed by atoms with Gasteiger partial charge in [-0.15, -0.1) is 11.3 Å². The molecule has 8 heteroatoms. The van der Waals surface area contributed by atoms with Crippen molar-refractivity contribution in [3.05, 3.63) is 95.0 Å². The molecule has 0 amide bonds. The van der Waals surface area contributed by atoms with Gasteiger partial charge in [0.15, 0.2) is 0 Å². The molecule has 2 heterocycles. The lowest BCUT2D eigenvalue weighted by molar-refractivity contribution is -0.138. The molecule has 2 aromatic carbocycles. The summed E-state index contributed by atoms with van der Waals surface area (Å²) >= 11 is 1.08. The third-order valence-electron chi connectivity index (χ3n) is 4.85. The van der Waals surface area contributed by atoms with Crippen molar-refractivity contribution in [1.82, 2.24) is 9.71 Å². The van der Waals surface area contributed by atoms with E-state index in [-0.39, 0.29) is 10.6 Å². The van der Waals surface area contributed by atoms with E-state index in [1.54, 1.807) is 12.3 Å². The number of hydrogen-bond acceptors (Lipinski definition) is 5. The molecular formula is C25H20N2O4S2. The van der Waals surface area contributed by atoms with Crippen LogP contribution in [0.2, 0.25) is 0 Å². The van der Waals surface area contributed by atoms with Crippen LogP contribution < -0.4 is 4.72 Å². The molecule has 2 aromatic heterocycles. The van der Waals surface area contributed by atoms with Gasteiger partial charge in [0.1, 0.15) is 10.3 Å². The molecule has 0 aliphatic heterocycles. The maximum atomic E-state index is 12.8. The van der Waals surface area contributed by atoms with E-state index >= 15 is 0 Å². The second-order valence-electron chi connectivity index (χ2n) is 7.32. The number of aromatic nitrogens is 1. The van der Waals surface area contributed by atoms with Crippen molar-refractivity contribution in [1.29, 1.82) is 0 Å². The van der Waals surface area contributed by atoms with Crippen molar-refractivity contribution in [2.45, 2.75) is 23.1 Å². The summed E-state index contributed by atoms with van der Waals surface area (Å²) < 4.78 is 28.1. The molecular weight excluding hydrogens is 456 g/mol. The summed E-state index contributed by atoms with van der Waals surface area (Å²) in [7, 11) is -4.00. The number of fused-ring (bicyclic) bond motifs is 1. The Bertz CT molecular complexity index is 1450. The number of carbonyl (C=O) groups is 1. The van der Waals surface area contributed by atoms with E-state index in [2.05, 4.69) is 21.5 Å². The lowest BCUT2D eigenvalue weighted by Gasteiger charge is -2.14. The van der Waals surface area contributed by atoms with Gasteiger partial charge in [-0.1, -0.05) is 48.2 Å². The molecule has 0 bridgehead atoms. The minimum Gasteiger partial charge on any atom is -0.480 e. The topological polar surface area (TPSA) is 96.4 Å². The Labute approximate surface area is 196 Å². The highest BCUT2D eigenvalue weighted by Crippen LogP contribution is 2.23. The number of benzene rings is 2. The summed E-state index contributed by atoms with van der Waals surface area (Å²) in [4.78, 5) is 16.9. The Morgan fingerprint density at radius 1 is 1.06 bits per heavy atom. The number of rotatable bonds is 7. The fourth-order valence-corrected chi connectivity index (χ4v) is 5.74. The highest BCUT2D eigenvalue weighted by Gasteiger charge is 2.27. The molecule has 4 rings (SSSR count). The van der Waals surface area contributed by atoms with Crippen LogP contribution in [0.5, 0.6) is 0 Å². The maximum Gasteiger partial charge on any atom is 0.322 e. The lowest BCUT2D eigenvalue weighted by Crippen LogP contribution is -2.42. The number of nitrogens with zero attached hydrogens (tertiary/aromatic N) is 1. The highest BCUT2D eigenvalue weighted by atomic mass is 32.2. The standard InChI is InChI=1S/C25H20N2O4S2/c28-25(29)23(16-19-15-20-10-4-5-12-22(20)26-17-19)27-33(30,31)24-14-13-21(32-24)11-6-9-18-7-2-1-3-8-18/h1-5,7-8,10,12-15,17,23,27H,11,16H2,(H,28,29)/t23-/m0/s1. The van der Waals surface area contributed by atoms with Crippen LogP contribution in [-0.2, 0) is 27.7 Å². The Morgan fingerprint density at radius 3 is 2.61 bits per heavy atom. The van der Waals surface area contributed by atoms with Crippen LogP contribution in [0.1, 0.15) is 16.0 Å². The Kier molecular flexibility index (Phi) is 6.84. The lowest BCUT2D eigenvalue weighted by atomic mass is 10.1. The molecule has 33 heavy (non-hydrogen) atoms. The second kappa shape index (κ2) is 9.96. The van der Waals surface area contributed by atoms with Gasteiger partial charge in [0.2, 0.25) is 0 Å². The van der Waals surface area contributed by atoms with Crippen molar-refractivity contribution in [3.8, 4) is 11.8 Å². The van der Waals surface area contributed by atoms with Gasteiger partial charge in [0.05, 0.1) is 5.52 Å². The Balaban J connectivity index is 1.46. The molecule has 0 aliphatic carbocycles. The van der Waals surface area contributed by atoms with Crippen LogP contribution in [-0.4, -0.2) is 30.5 Å². The molecule has 166 valence electrons. The summed E-state index contributed by atoms with van der Waals surface area (Å²) in [6, 6.07) is 20.7. The third-order valence-corrected chi connectivity index (χ3v) is 7.90. The van der Waals surface area contributed by atoms with Crippen LogP contribution in [0.4, 0.5) is 0 Å². The fourth-order valence-electron chi connectivity index (χ4n) is 3.24. The van der Waals surface area contributed by atoms with E-state index in [0.29, 0.717) is 12.0 Å². The molecule has 0 unspecified atom stereocenters. The van der Waals surface area contributed by atoms with E-state index in [1.165, 1.54) is 6.07 Å². The number of aliphatic carboxylic acids is 1. The predicted molar refractivity (Wildman–Crippen MR) is 129 cm³/mol. The van der Waals surface area contributed by atoms with E-state index in [0.717, 1.165) is 32.7 Å². The second-order valence-corrected chi connectivity index (χ2v) is 10.4. The third kappa shape index (κ3) is 5.84. The summed E-state index contributed by atoms with van der Waals surface area (Å²) in [6.45, 7) is 0. The van der Waals surface area contributed by atoms with Gasteiger partial charge in [0.25, 0.3) is 10.0 Å². The van der Waals surface area contributed by atoms with Crippen LogP contribution in [0, 0.1) is 11.8 Å². The summed E-state index contributed by atoms with van der Waals surface area (Å²) in [6.07, 6.45) is 1.95. The molecule has 0 saturated carbocycles. The number of thiophene rings is 1. The van der Waals surface area contributed by atoms with E-state index in [9.17, 15) is 18.3 Å². The van der Waals surface area contributed by atoms with Crippen LogP contribution in [0.3, 0.4) is 0 Å². The molecule has 4 aromatic rings. The summed E-state index contributed by atoms with van der Waals surface area (Å²) in [5, 5.41) is 10.5. The monoisotopic (exact) mass is 476 g/mol. The van der Waals surface area contributed by atoms with Crippen molar-refractivity contribution in [2.75, 3.05) is 0 Å². The van der Waals surface area contributed by atoms with Crippen molar-refractivity contribution in [2.24, 2.45) is 0 Å². The minimum absolute atomic E-state index is 0.0207. The van der Waals surface area contributed by atoms with Crippen LogP contribution >= 0.6 is 11.3 Å². The quantitative estimate of drug-likeness (QED) is 0.395. The number of nitrogens with one attached hydrogen (secondary N) is 1. The average molecular weight is 477 g/mol. The highest BCUT2D eigenvalue weighted by molar-refractivity contribution is 7.91. The molecule has 0 spiro atoms. The smallest absolute Gasteiger partial charge is 0.322 e. The number of carboxylic acids is 1. The first-order valence-corrected chi connectivity index (χ1v) is 12.4.